The van der Waals surface area contributed by atoms with Crippen LogP contribution in [0.3, 0.4) is 0 Å². The third-order valence-corrected chi connectivity index (χ3v) is 5.99. The molecule has 0 radical (unpaired) electrons. The number of nitrogens with zero attached hydrogens (tertiary/aromatic N) is 1. The molecule has 22 heavy (non-hydrogen) atoms. The minimum Gasteiger partial charge on any atom is -0.340 e. The van der Waals surface area contributed by atoms with Gasteiger partial charge in [0.05, 0.1) is 0 Å². The lowest BCUT2D eigenvalue weighted by Gasteiger charge is -2.18. The second-order valence-electron chi connectivity index (χ2n) is 7.25. The van der Waals surface area contributed by atoms with Gasteiger partial charge in [0.25, 0.3) is 0 Å². The normalized spacial score (nSPS) is 32.0. The number of benzene rings is 1. The summed E-state index contributed by atoms with van der Waals surface area (Å²) in [7, 11) is 0. The number of nitrogens with two attached hydrogens (primary N) is 1. The number of hydrogen-bond acceptors (Lipinski definition) is 2. The average molecular weight is 321 g/mol. The number of hydrogen-bond donors (Lipinski definition) is 1. The maximum atomic E-state index is 12.8. The second-order valence-corrected chi connectivity index (χ2v) is 7.25. The van der Waals surface area contributed by atoms with E-state index in [2.05, 4.69) is 24.3 Å². The Labute approximate surface area is 138 Å². The minimum absolute atomic E-state index is 0. The summed E-state index contributed by atoms with van der Waals surface area (Å²) in [6.07, 6.45) is 6.30. The third-order valence-electron chi connectivity index (χ3n) is 5.99. The van der Waals surface area contributed by atoms with Crippen LogP contribution in [0.15, 0.2) is 30.3 Å². The number of carbonyl (C=O) groups is 1. The fourth-order valence-electron chi connectivity index (χ4n) is 4.61. The third kappa shape index (κ3) is 2.55. The van der Waals surface area contributed by atoms with Crippen LogP contribution in [0.4, 0.5) is 0 Å². The molecule has 3 nitrogen and oxygen atoms in total. The molecule has 4 heteroatoms. The summed E-state index contributed by atoms with van der Waals surface area (Å²) < 4.78 is 0. The highest BCUT2D eigenvalue weighted by Crippen LogP contribution is 2.63. The van der Waals surface area contributed by atoms with Gasteiger partial charge in [0, 0.05) is 31.0 Å². The van der Waals surface area contributed by atoms with Crippen molar-refractivity contribution in [1.29, 1.82) is 0 Å². The van der Waals surface area contributed by atoms with Crippen LogP contribution in [0.25, 0.3) is 0 Å². The molecular weight excluding hydrogens is 296 g/mol. The molecule has 2 aliphatic carbocycles. The Kier molecular flexibility index (Phi) is 4.21. The molecule has 2 saturated carbocycles. The summed E-state index contributed by atoms with van der Waals surface area (Å²) in [5, 5.41) is 0. The first-order valence-corrected chi connectivity index (χ1v) is 8.29. The van der Waals surface area contributed by atoms with E-state index in [9.17, 15) is 4.79 Å². The Hall–Kier alpha value is -1.06. The zero-order valence-corrected chi connectivity index (χ0v) is 13.7. The maximum absolute atomic E-state index is 12.8. The topological polar surface area (TPSA) is 46.3 Å². The van der Waals surface area contributed by atoms with E-state index < -0.39 is 0 Å². The zero-order chi connectivity index (χ0) is 14.4. The number of halogens is 1. The van der Waals surface area contributed by atoms with Crippen molar-refractivity contribution >= 4 is 18.3 Å². The average Bonchev–Trinajstić information content (AvgIpc) is 2.83. The van der Waals surface area contributed by atoms with Crippen LogP contribution in [-0.2, 0) is 4.79 Å². The first-order valence-electron chi connectivity index (χ1n) is 8.29. The molecule has 1 heterocycles. The Morgan fingerprint density at radius 1 is 1.14 bits per heavy atom. The second kappa shape index (κ2) is 5.86. The Balaban J connectivity index is 0.00000144. The first-order chi connectivity index (χ1) is 10.2. The van der Waals surface area contributed by atoms with E-state index in [0.717, 1.165) is 19.5 Å². The molecule has 3 aliphatic rings. The van der Waals surface area contributed by atoms with E-state index >= 15 is 0 Å². The van der Waals surface area contributed by atoms with E-state index in [1.807, 2.05) is 11.0 Å². The van der Waals surface area contributed by atoms with Crippen molar-refractivity contribution in [2.24, 2.45) is 17.1 Å². The van der Waals surface area contributed by atoms with Crippen molar-refractivity contribution in [1.82, 2.24) is 4.90 Å². The van der Waals surface area contributed by atoms with Crippen LogP contribution in [0.5, 0.6) is 0 Å². The smallest absolute Gasteiger partial charge is 0.226 e. The molecular formula is C18H25ClN2O. The summed E-state index contributed by atoms with van der Waals surface area (Å²) in [4.78, 5) is 14.8. The van der Waals surface area contributed by atoms with Crippen LogP contribution >= 0.6 is 12.4 Å². The van der Waals surface area contributed by atoms with Gasteiger partial charge < -0.3 is 10.6 Å². The molecule has 1 unspecified atom stereocenters. The lowest BCUT2D eigenvalue weighted by molar-refractivity contribution is -0.132. The molecule has 1 spiro atoms. The number of amides is 1. The number of rotatable bonds is 2. The fraction of sp³-hybridized carbons (Fsp3) is 0.611. The molecule has 3 fully saturated rings. The molecule has 1 aliphatic heterocycles. The van der Waals surface area contributed by atoms with Gasteiger partial charge >= 0.3 is 0 Å². The van der Waals surface area contributed by atoms with Gasteiger partial charge in [0.15, 0.2) is 0 Å². The zero-order valence-electron chi connectivity index (χ0n) is 12.9. The van der Waals surface area contributed by atoms with E-state index in [-0.39, 0.29) is 18.4 Å². The number of carbonyl (C=O) groups excluding carboxylic acids is 1. The monoisotopic (exact) mass is 320 g/mol. The molecule has 1 amide bonds. The van der Waals surface area contributed by atoms with Crippen LogP contribution in [0, 0.1) is 11.3 Å². The summed E-state index contributed by atoms with van der Waals surface area (Å²) >= 11 is 0. The standard InChI is InChI=1S/C18H24N2O.ClH/c19-16-12-20(11-14(16)13-6-2-1-3-7-13)17(21)15-10-18(15)8-4-5-9-18;/h1-3,6-7,14-16H,4-5,8-12,19H2;1H/t14-,15?,16+;/m0./s1. The van der Waals surface area contributed by atoms with E-state index in [0.29, 0.717) is 23.2 Å². The van der Waals surface area contributed by atoms with Crippen LogP contribution < -0.4 is 5.73 Å². The van der Waals surface area contributed by atoms with Gasteiger partial charge in [-0.15, -0.1) is 12.4 Å². The van der Waals surface area contributed by atoms with Crippen LogP contribution in [-0.4, -0.2) is 29.9 Å². The van der Waals surface area contributed by atoms with Crippen LogP contribution in [0.1, 0.15) is 43.6 Å². The minimum atomic E-state index is 0. The van der Waals surface area contributed by atoms with Gasteiger partial charge in [0.2, 0.25) is 5.91 Å². The SMILES string of the molecule is Cl.N[C@@H]1CN(C(=O)C2CC23CCCC3)C[C@H]1c1ccccc1. The predicted octanol–water partition coefficient (Wildman–Crippen LogP) is 2.94. The van der Waals surface area contributed by atoms with Crippen molar-refractivity contribution in [3.8, 4) is 0 Å². The van der Waals surface area contributed by atoms with Gasteiger partial charge in [-0.1, -0.05) is 43.2 Å². The first kappa shape index (κ1) is 15.8. The van der Waals surface area contributed by atoms with Crippen molar-refractivity contribution in [2.45, 2.75) is 44.1 Å². The Morgan fingerprint density at radius 3 is 2.50 bits per heavy atom. The molecule has 1 saturated heterocycles. The summed E-state index contributed by atoms with van der Waals surface area (Å²) in [5.74, 6) is 0.987. The lowest BCUT2D eigenvalue weighted by Crippen LogP contribution is -2.34. The van der Waals surface area contributed by atoms with Gasteiger partial charge in [-0.05, 0) is 30.2 Å². The van der Waals surface area contributed by atoms with Crippen molar-refractivity contribution in [3.63, 3.8) is 0 Å². The van der Waals surface area contributed by atoms with E-state index in [1.54, 1.807) is 0 Å². The van der Waals surface area contributed by atoms with Crippen LogP contribution in [0.2, 0.25) is 0 Å². The quantitative estimate of drug-likeness (QED) is 0.910. The number of likely N-dealkylation sites (tertiary alicyclic amines) is 1. The van der Waals surface area contributed by atoms with Gasteiger partial charge in [-0.2, -0.15) is 0 Å². The highest BCUT2D eigenvalue weighted by Gasteiger charge is 2.60. The molecule has 1 aromatic rings. The van der Waals surface area contributed by atoms with E-state index in [4.69, 9.17) is 5.73 Å². The van der Waals surface area contributed by atoms with E-state index in [1.165, 1.54) is 31.2 Å². The van der Waals surface area contributed by atoms with Crippen molar-refractivity contribution in [2.75, 3.05) is 13.1 Å². The predicted molar refractivity (Wildman–Crippen MR) is 90.0 cm³/mol. The van der Waals surface area contributed by atoms with Gasteiger partial charge in [-0.3, -0.25) is 4.79 Å². The fourth-order valence-corrected chi connectivity index (χ4v) is 4.61. The molecule has 2 N–H and O–H groups in total. The van der Waals surface area contributed by atoms with Crippen molar-refractivity contribution in [3.05, 3.63) is 35.9 Å². The molecule has 4 rings (SSSR count). The van der Waals surface area contributed by atoms with Gasteiger partial charge in [-0.25, -0.2) is 0 Å². The maximum Gasteiger partial charge on any atom is 0.226 e. The Bertz CT molecular complexity index is 541. The lowest BCUT2D eigenvalue weighted by atomic mass is 9.95. The summed E-state index contributed by atoms with van der Waals surface area (Å²) in [6.45, 7) is 1.53. The molecule has 3 atom stereocenters. The summed E-state index contributed by atoms with van der Waals surface area (Å²) in [5.41, 5.74) is 7.98. The largest absolute Gasteiger partial charge is 0.340 e. The van der Waals surface area contributed by atoms with Gasteiger partial charge in [0.1, 0.15) is 0 Å². The highest BCUT2D eigenvalue weighted by molar-refractivity contribution is 5.85. The molecule has 120 valence electrons. The van der Waals surface area contributed by atoms with Crippen molar-refractivity contribution < 1.29 is 4.79 Å². The Morgan fingerprint density at radius 2 is 1.82 bits per heavy atom. The molecule has 0 bridgehead atoms. The molecule has 1 aromatic carbocycles. The summed E-state index contributed by atoms with van der Waals surface area (Å²) in [6, 6.07) is 10.5. The highest BCUT2D eigenvalue weighted by atomic mass is 35.5. The molecule has 0 aromatic heterocycles.